The Hall–Kier alpha value is -2.92. The lowest BCUT2D eigenvalue weighted by atomic mass is 9.91. The Labute approximate surface area is 185 Å². The number of hydrogen-bond donors (Lipinski definition) is 1. The van der Waals surface area contributed by atoms with Gasteiger partial charge in [0.1, 0.15) is 22.8 Å². The number of carbonyl (C=O) groups is 1. The minimum atomic E-state index is -1.35. The molecule has 5 heteroatoms. The van der Waals surface area contributed by atoms with Crippen molar-refractivity contribution in [1.29, 1.82) is 0 Å². The summed E-state index contributed by atoms with van der Waals surface area (Å²) in [5.74, 6) is 0.632. The Bertz CT molecular complexity index is 1170. The zero-order valence-electron chi connectivity index (χ0n) is 17.7. The Morgan fingerprint density at radius 1 is 0.968 bits per heavy atom. The highest BCUT2D eigenvalue weighted by Gasteiger charge is 2.31. The molecule has 0 aromatic heterocycles. The van der Waals surface area contributed by atoms with E-state index in [0.717, 1.165) is 24.2 Å². The maximum absolute atomic E-state index is 12.0. The number of hydrogen-bond acceptors (Lipinski definition) is 3. The van der Waals surface area contributed by atoms with Gasteiger partial charge in [0, 0.05) is 6.42 Å². The molecule has 4 nitrogen and oxygen atoms in total. The highest BCUT2D eigenvalue weighted by atomic mass is 32.2. The number of fused-ring (bicyclic) bond motifs is 1. The summed E-state index contributed by atoms with van der Waals surface area (Å²) in [6.45, 7) is 4.35. The van der Waals surface area contributed by atoms with Crippen molar-refractivity contribution in [2.75, 3.05) is 0 Å². The summed E-state index contributed by atoms with van der Waals surface area (Å²) in [6.07, 6.45) is 2.24. The average Bonchev–Trinajstić information content (AvgIpc) is 3.31. The summed E-state index contributed by atoms with van der Waals surface area (Å²) in [5.41, 5.74) is 8.78. The van der Waals surface area contributed by atoms with E-state index in [1.165, 1.54) is 33.4 Å². The summed E-state index contributed by atoms with van der Waals surface area (Å²) in [6, 6.07) is 20.7. The standard InChI is InChI=1S/C26H25NO3S/c1-16-5-3-6-17(2)26(16)22-8-4-7-21-20(22)13-14-23(21)30-19-11-9-18(10-12-19)24-15-25(28)27-31(24)29/h3-12,23-24H,13-15H2,1-2H3,(H,27,28)/t23-,24?,31?/m1/s1. The van der Waals surface area contributed by atoms with Crippen LogP contribution in [0.3, 0.4) is 0 Å². The summed E-state index contributed by atoms with van der Waals surface area (Å²) < 4.78 is 20.9. The normalized spacial score (nSPS) is 22.3. The van der Waals surface area contributed by atoms with E-state index in [1.54, 1.807) is 0 Å². The Balaban J connectivity index is 1.39. The van der Waals surface area contributed by atoms with Gasteiger partial charge in [-0.05, 0) is 77.8 Å². The van der Waals surface area contributed by atoms with Gasteiger partial charge in [-0.1, -0.05) is 48.5 Å². The second kappa shape index (κ2) is 7.97. The number of carbonyl (C=O) groups excluding carboxylic acids is 1. The molecule has 1 N–H and O–H groups in total. The van der Waals surface area contributed by atoms with Crippen molar-refractivity contribution in [3.63, 3.8) is 0 Å². The molecule has 0 saturated carbocycles. The monoisotopic (exact) mass is 431 g/mol. The lowest BCUT2D eigenvalue weighted by molar-refractivity contribution is -0.118. The van der Waals surface area contributed by atoms with Gasteiger partial charge in [0.2, 0.25) is 5.91 Å². The van der Waals surface area contributed by atoms with E-state index < -0.39 is 11.0 Å². The molecule has 3 atom stereocenters. The fourth-order valence-electron chi connectivity index (χ4n) is 4.85. The quantitative estimate of drug-likeness (QED) is 0.613. The van der Waals surface area contributed by atoms with Crippen molar-refractivity contribution in [2.24, 2.45) is 0 Å². The van der Waals surface area contributed by atoms with Crippen LogP contribution in [-0.2, 0) is 22.2 Å². The van der Waals surface area contributed by atoms with Gasteiger partial charge in [-0.3, -0.25) is 9.52 Å². The molecule has 0 spiro atoms. The first-order valence-electron chi connectivity index (χ1n) is 10.7. The topological polar surface area (TPSA) is 55.4 Å². The van der Waals surface area contributed by atoms with Crippen LogP contribution < -0.4 is 9.46 Å². The van der Waals surface area contributed by atoms with Gasteiger partial charge in [-0.2, -0.15) is 0 Å². The van der Waals surface area contributed by atoms with E-state index in [4.69, 9.17) is 4.74 Å². The van der Waals surface area contributed by atoms with Gasteiger partial charge < -0.3 is 4.74 Å². The Morgan fingerprint density at radius 2 is 1.68 bits per heavy atom. The van der Waals surface area contributed by atoms with Gasteiger partial charge in [0.15, 0.2) is 0 Å². The van der Waals surface area contributed by atoms with Crippen LogP contribution in [0.5, 0.6) is 5.75 Å². The predicted molar refractivity (Wildman–Crippen MR) is 123 cm³/mol. The van der Waals surface area contributed by atoms with Crippen LogP contribution in [0.2, 0.25) is 0 Å². The molecule has 1 aliphatic heterocycles. The third kappa shape index (κ3) is 3.68. The van der Waals surface area contributed by atoms with Gasteiger partial charge in [0.05, 0.1) is 5.25 Å². The highest BCUT2D eigenvalue weighted by Crippen LogP contribution is 2.42. The first kappa shape index (κ1) is 20.0. The molecule has 2 unspecified atom stereocenters. The van der Waals surface area contributed by atoms with E-state index >= 15 is 0 Å². The number of rotatable bonds is 4. The predicted octanol–water partition coefficient (Wildman–Crippen LogP) is 5.26. The number of amides is 1. The third-order valence-corrected chi connectivity index (χ3v) is 7.72. The second-order valence-electron chi connectivity index (χ2n) is 8.37. The minimum absolute atomic E-state index is 0.0222. The highest BCUT2D eigenvalue weighted by molar-refractivity contribution is 7.84. The molecule has 2 aliphatic rings. The van der Waals surface area contributed by atoms with E-state index in [2.05, 4.69) is 55.0 Å². The molecule has 1 fully saturated rings. The molecule has 1 saturated heterocycles. The van der Waals surface area contributed by atoms with Crippen LogP contribution in [0, 0.1) is 13.8 Å². The molecule has 0 radical (unpaired) electrons. The van der Waals surface area contributed by atoms with Crippen LogP contribution in [0.1, 0.15) is 52.0 Å². The van der Waals surface area contributed by atoms with Crippen LogP contribution in [0.15, 0.2) is 60.7 Å². The van der Waals surface area contributed by atoms with E-state index in [1.807, 2.05) is 24.3 Å². The zero-order valence-corrected chi connectivity index (χ0v) is 18.5. The van der Waals surface area contributed by atoms with Crippen LogP contribution in [-0.4, -0.2) is 10.1 Å². The Kier molecular flexibility index (Phi) is 5.14. The number of aryl methyl sites for hydroxylation is 2. The van der Waals surface area contributed by atoms with Crippen molar-refractivity contribution in [2.45, 2.75) is 44.5 Å². The number of benzene rings is 3. The summed E-state index contributed by atoms with van der Waals surface area (Å²) in [7, 11) is -1.35. The fraction of sp³-hybridized carbons (Fsp3) is 0.269. The average molecular weight is 432 g/mol. The first-order chi connectivity index (χ1) is 15.0. The molecular formula is C26H25NO3S. The maximum Gasteiger partial charge on any atom is 0.233 e. The molecule has 5 rings (SSSR count). The van der Waals surface area contributed by atoms with Crippen LogP contribution in [0.25, 0.3) is 11.1 Å². The summed E-state index contributed by atoms with van der Waals surface area (Å²) in [4.78, 5) is 11.5. The molecule has 1 amide bonds. The lowest BCUT2D eigenvalue weighted by Gasteiger charge is -2.18. The van der Waals surface area contributed by atoms with Crippen molar-refractivity contribution < 1.29 is 13.7 Å². The smallest absolute Gasteiger partial charge is 0.233 e. The molecule has 1 heterocycles. The van der Waals surface area contributed by atoms with Crippen LogP contribution >= 0.6 is 0 Å². The molecule has 31 heavy (non-hydrogen) atoms. The van der Waals surface area contributed by atoms with Crippen molar-refractivity contribution in [1.82, 2.24) is 4.72 Å². The summed E-state index contributed by atoms with van der Waals surface area (Å²) in [5, 5.41) is -0.284. The number of nitrogens with one attached hydrogen (secondary N) is 1. The van der Waals surface area contributed by atoms with Gasteiger partial charge in [0.25, 0.3) is 0 Å². The zero-order chi connectivity index (χ0) is 21.5. The molecular weight excluding hydrogens is 406 g/mol. The van der Waals surface area contributed by atoms with Crippen molar-refractivity contribution in [3.8, 4) is 16.9 Å². The molecule has 3 aromatic rings. The van der Waals surface area contributed by atoms with E-state index in [0.29, 0.717) is 0 Å². The van der Waals surface area contributed by atoms with Gasteiger partial charge in [-0.25, -0.2) is 4.21 Å². The van der Waals surface area contributed by atoms with Crippen molar-refractivity contribution in [3.05, 3.63) is 88.5 Å². The molecule has 3 aromatic carbocycles. The van der Waals surface area contributed by atoms with Crippen molar-refractivity contribution >= 4 is 16.9 Å². The first-order valence-corrected chi connectivity index (χ1v) is 11.9. The summed E-state index contributed by atoms with van der Waals surface area (Å²) >= 11 is 0. The minimum Gasteiger partial charge on any atom is -0.486 e. The lowest BCUT2D eigenvalue weighted by Crippen LogP contribution is -2.15. The molecule has 158 valence electrons. The molecule has 0 bridgehead atoms. The maximum atomic E-state index is 12.0. The van der Waals surface area contributed by atoms with Gasteiger partial charge >= 0.3 is 0 Å². The van der Waals surface area contributed by atoms with Crippen LogP contribution in [0.4, 0.5) is 0 Å². The van der Waals surface area contributed by atoms with Gasteiger partial charge in [-0.15, -0.1) is 0 Å². The fourth-order valence-corrected chi connectivity index (χ4v) is 6.01. The van der Waals surface area contributed by atoms with E-state index in [-0.39, 0.29) is 23.7 Å². The largest absolute Gasteiger partial charge is 0.486 e. The third-order valence-electron chi connectivity index (χ3n) is 6.34. The Morgan fingerprint density at radius 3 is 2.35 bits per heavy atom. The van der Waals surface area contributed by atoms with E-state index in [9.17, 15) is 9.00 Å². The SMILES string of the molecule is Cc1cccc(C)c1-c1cccc2c1CC[C@H]2Oc1ccc(C2CC(=O)NS2=O)cc1. The number of ether oxygens (including phenoxy) is 1. The molecule has 1 aliphatic carbocycles. The second-order valence-corrected chi connectivity index (χ2v) is 9.74.